The maximum atomic E-state index is 14.1. The fraction of sp³-hybridized carbons (Fsp3) is 0.286. The molecular weight excluding hydrogens is 363 g/mol. The van der Waals surface area contributed by atoms with Gasteiger partial charge in [-0.05, 0) is 37.1 Å². The average molecular weight is 382 g/mol. The van der Waals surface area contributed by atoms with Gasteiger partial charge < -0.3 is 19.2 Å². The van der Waals surface area contributed by atoms with E-state index in [1.807, 2.05) is 6.92 Å². The molecule has 0 fully saturated rings. The molecular formula is C21H19FN2O4. The third-order valence-corrected chi connectivity index (χ3v) is 5.38. The van der Waals surface area contributed by atoms with Gasteiger partial charge in [-0.15, -0.1) is 0 Å². The fourth-order valence-electron chi connectivity index (χ4n) is 3.84. The summed E-state index contributed by atoms with van der Waals surface area (Å²) >= 11 is 0. The number of pyridine rings is 2. The van der Waals surface area contributed by atoms with E-state index in [1.165, 1.54) is 13.2 Å². The minimum Gasteiger partial charge on any atom is -0.381 e. The number of aryl methyl sites for hydroxylation is 2. The number of halogens is 1. The highest BCUT2D eigenvalue weighted by atomic mass is 19.1. The zero-order valence-electron chi connectivity index (χ0n) is 15.7. The van der Waals surface area contributed by atoms with Crippen molar-refractivity contribution < 1.29 is 19.0 Å². The molecule has 4 rings (SSSR count). The Hall–Kier alpha value is -2.90. The molecule has 2 aromatic heterocycles. The minimum absolute atomic E-state index is 0.0194. The number of carbonyl (C=O) groups is 1. The van der Waals surface area contributed by atoms with Crippen LogP contribution in [-0.2, 0) is 22.7 Å². The summed E-state index contributed by atoms with van der Waals surface area (Å²) in [5.41, 5.74) is 4.00. The highest BCUT2D eigenvalue weighted by Crippen LogP contribution is 2.36. The monoisotopic (exact) mass is 382 g/mol. The van der Waals surface area contributed by atoms with E-state index in [-0.39, 0.29) is 29.1 Å². The molecule has 1 unspecified atom stereocenters. The van der Waals surface area contributed by atoms with Gasteiger partial charge in [0.05, 0.1) is 30.1 Å². The summed E-state index contributed by atoms with van der Waals surface area (Å²) in [5.74, 6) is -0.345. The number of aromatic nitrogens is 2. The smallest absolute Gasteiger partial charge is 0.257 e. The Morgan fingerprint density at radius 3 is 2.79 bits per heavy atom. The number of ether oxygens (including phenoxy) is 1. The number of benzene rings is 1. The number of aliphatic hydroxyl groups is 1. The average Bonchev–Trinajstić information content (AvgIpc) is 3.04. The molecule has 1 atom stereocenters. The predicted molar refractivity (Wildman–Crippen MR) is 102 cm³/mol. The molecule has 0 spiro atoms. The van der Waals surface area contributed by atoms with Crippen molar-refractivity contribution in [3.63, 3.8) is 0 Å². The predicted octanol–water partition coefficient (Wildman–Crippen LogP) is 2.56. The lowest BCUT2D eigenvalue weighted by Gasteiger charge is -2.14. The molecule has 0 amide bonds. The number of aliphatic hydroxyl groups excluding tert-OH is 1. The third-order valence-electron chi connectivity index (χ3n) is 5.38. The molecule has 144 valence electrons. The van der Waals surface area contributed by atoms with Gasteiger partial charge in [-0.2, -0.15) is 0 Å². The van der Waals surface area contributed by atoms with E-state index in [0.717, 1.165) is 16.5 Å². The number of fused-ring (bicyclic) bond motifs is 4. The van der Waals surface area contributed by atoms with Crippen molar-refractivity contribution in [2.24, 2.45) is 0 Å². The first-order chi connectivity index (χ1) is 13.4. The molecule has 1 aromatic carbocycles. The molecule has 7 heteroatoms. The Balaban J connectivity index is 2.03. The highest BCUT2D eigenvalue weighted by Gasteiger charge is 2.28. The van der Waals surface area contributed by atoms with Crippen LogP contribution in [0.1, 0.15) is 33.9 Å². The summed E-state index contributed by atoms with van der Waals surface area (Å²) in [4.78, 5) is 28.8. The number of nitrogens with zero attached hydrogens (tertiary/aromatic N) is 2. The lowest BCUT2D eigenvalue weighted by atomic mass is 9.99. The second-order valence-corrected chi connectivity index (χ2v) is 7.05. The molecule has 3 heterocycles. The van der Waals surface area contributed by atoms with Gasteiger partial charge in [-0.3, -0.25) is 4.79 Å². The van der Waals surface area contributed by atoms with Crippen LogP contribution in [0.4, 0.5) is 4.39 Å². The number of rotatable bonds is 4. The Labute approximate surface area is 160 Å². The van der Waals surface area contributed by atoms with Crippen LogP contribution >= 0.6 is 0 Å². The van der Waals surface area contributed by atoms with E-state index in [0.29, 0.717) is 35.3 Å². The zero-order chi connectivity index (χ0) is 20.2. The van der Waals surface area contributed by atoms with Crippen LogP contribution in [0.15, 0.2) is 23.0 Å². The van der Waals surface area contributed by atoms with Crippen LogP contribution in [-0.4, -0.2) is 28.1 Å². The van der Waals surface area contributed by atoms with Crippen molar-refractivity contribution in [3.05, 3.63) is 62.2 Å². The second-order valence-electron chi connectivity index (χ2n) is 7.05. The van der Waals surface area contributed by atoms with E-state index in [9.17, 15) is 19.1 Å². The van der Waals surface area contributed by atoms with Crippen LogP contribution in [0.2, 0.25) is 0 Å². The topological polar surface area (TPSA) is 81.4 Å². The maximum absolute atomic E-state index is 14.1. The molecule has 0 bridgehead atoms. The summed E-state index contributed by atoms with van der Waals surface area (Å²) in [5, 5.41) is 10.9. The van der Waals surface area contributed by atoms with Gasteiger partial charge in [0.15, 0.2) is 6.29 Å². The molecule has 1 aliphatic heterocycles. The first kappa shape index (κ1) is 18.5. The van der Waals surface area contributed by atoms with E-state index < -0.39 is 6.10 Å². The van der Waals surface area contributed by atoms with E-state index in [1.54, 1.807) is 23.6 Å². The van der Waals surface area contributed by atoms with E-state index >= 15 is 0 Å². The largest absolute Gasteiger partial charge is 0.381 e. The summed E-state index contributed by atoms with van der Waals surface area (Å²) in [6, 6.07) is 4.75. The summed E-state index contributed by atoms with van der Waals surface area (Å²) in [6.07, 6.45) is -1.06. The molecule has 28 heavy (non-hydrogen) atoms. The van der Waals surface area contributed by atoms with Gasteiger partial charge in [0.25, 0.3) is 5.56 Å². The lowest BCUT2D eigenvalue weighted by Crippen LogP contribution is -2.26. The summed E-state index contributed by atoms with van der Waals surface area (Å²) in [7, 11) is 1.44. The molecule has 1 N–H and O–H groups in total. The van der Waals surface area contributed by atoms with E-state index in [4.69, 9.17) is 4.74 Å². The quantitative estimate of drug-likeness (QED) is 0.549. The van der Waals surface area contributed by atoms with Gasteiger partial charge in [0, 0.05) is 35.3 Å². The Morgan fingerprint density at radius 1 is 1.36 bits per heavy atom. The Morgan fingerprint density at radius 2 is 2.11 bits per heavy atom. The van der Waals surface area contributed by atoms with Crippen molar-refractivity contribution in [2.45, 2.75) is 33.1 Å². The van der Waals surface area contributed by atoms with Crippen molar-refractivity contribution in [1.29, 1.82) is 0 Å². The number of hydrogen-bond donors (Lipinski definition) is 1. The van der Waals surface area contributed by atoms with Crippen molar-refractivity contribution in [2.75, 3.05) is 7.11 Å². The van der Waals surface area contributed by atoms with Gasteiger partial charge in [0.2, 0.25) is 0 Å². The Bertz CT molecular complexity index is 1200. The molecule has 0 saturated carbocycles. The van der Waals surface area contributed by atoms with Gasteiger partial charge in [-0.25, -0.2) is 9.37 Å². The lowest BCUT2D eigenvalue weighted by molar-refractivity contribution is -0.115. The summed E-state index contributed by atoms with van der Waals surface area (Å²) in [6.45, 7) is 3.93. The van der Waals surface area contributed by atoms with Crippen molar-refractivity contribution in [1.82, 2.24) is 9.55 Å². The Kier molecular flexibility index (Phi) is 4.36. The van der Waals surface area contributed by atoms with Crippen LogP contribution in [0, 0.1) is 19.7 Å². The molecule has 1 aliphatic rings. The molecule has 0 saturated heterocycles. The first-order valence-electron chi connectivity index (χ1n) is 8.86. The van der Waals surface area contributed by atoms with Crippen LogP contribution < -0.4 is 5.56 Å². The number of carbonyl (C=O) groups excluding carboxylic acids is 1. The second kappa shape index (κ2) is 6.61. The molecule has 6 nitrogen and oxygen atoms in total. The van der Waals surface area contributed by atoms with Crippen molar-refractivity contribution in [3.8, 4) is 11.4 Å². The maximum Gasteiger partial charge on any atom is 0.257 e. The SMILES string of the molecule is COCc1c(C(O)C=O)cc2n(c1=O)Cc1c-2nc2cc(F)c(C)cc2c1C. The molecule has 3 aromatic rings. The van der Waals surface area contributed by atoms with Gasteiger partial charge in [-0.1, -0.05) is 0 Å². The van der Waals surface area contributed by atoms with Gasteiger partial charge in [0.1, 0.15) is 11.9 Å². The number of aldehydes is 1. The van der Waals surface area contributed by atoms with Crippen LogP contribution in [0.5, 0.6) is 0 Å². The van der Waals surface area contributed by atoms with Crippen LogP contribution in [0.25, 0.3) is 22.3 Å². The fourth-order valence-corrected chi connectivity index (χ4v) is 3.84. The summed E-state index contributed by atoms with van der Waals surface area (Å²) < 4.78 is 20.7. The highest BCUT2D eigenvalue weighted by molar-refractivity contribution is 5.88. The van der Waals surface area contributed by atoms with Crippen LogP contribution in [0.3, 0.4) is 0 Å². The third kappa shape index (κ3) is 2.58. The first-order valence-corrected chi connectivity index (χ1v) is 8.86. The zero-order valence-corrected chi connectivity index (χ0v) is 15.7. The van der Waals surface area contributed by atoms with E-state index in [2.05, 4.69) is 4.98 Å². The van der Waals surface area contributed by atoms with Crippen molar-refractivity contribution >= 4 is 17.2 Å². The van der Waals surface area contributed by atoms with Gasteiger partial charge >= 0.3 is 0 Å². The standard InChI is InChI=1S/C21H19FN2O4/c1-10-4-12-11(2)14-7-24-18(20(14)23-17(12)6-16(10)22)5-13(19(26)8-25)15(9-28-3)21(24)27/h4-6,8,19,26H,7,9H2,1-3H3. The number of methoxy groups -OCH3 is 1. The minimum atomic E-state index is -1.44. The normalized spacial score (nSPS) is 13.5. The molecule has 0 aliphatic carbocycles. The molecule has 0 radical (unpaired) electrons. The number of hydrogen-bond acceptors (Lipinski definition) is 5.